The molecule has 2 aromatic rings. The fourth-order valence-electron chi connectivity index (χ4n) is 4.56. The van der Waals surface area contributed by atoms with Crippen molar-refractivity contribution in [2.75, 3.05) is 13.1 Å². The summed E-state index contributed by atoms with van der Waals surface area (Å²) in [7, 11) is 0. The summed E-state index contributed by atoms with van der Waals surface area (Å²) in [6, 6.07) is 6.74. The number of hydrogen-bond donors (Lipinski definition) is 2. The Bertz CT molecular complexity index is 768. The molecule has 1 saturated heterocycles. The topological polar surface area (TPSA) is 61.0 Å². The molecule has 1 aromatic heterocycles. The van der Waals surface area contributed by atoms with Gasteiger partial charge in [-0.15, -0.1) is 0 Å². The SMILES string of the molecule is Cc1ccc2nc(CN3CCC(C(=O)NC4CCCCCC4)CC3)[nH]c2c1. The zero-order chi connectivity index (χ0) is 18.6. The van der Waals surface area contributed by atoms with Crippen LogP contribution < -0.4 is 5.32 Å². The Hall–Kier alpha value is -1.88. The van der Waals surface area contributed by atoms with Gasteiger partial charge in [-0.1, -0.05) is 31.7 Å². The van der Waals surface area contributed by atoms with E-state index in [4.69, 9.17) is 4.98 Å². The number of rotatable bonds is 4. The predicted octanol–water partition coefficient (Wildman–Crippen LogP) is 3.92. The van der Waals surface area contributed by atoms with Gasteiger partial charge in [-0.05, 0) is 63.4 Å². The first kappa shape index (κ1) is 18.5. The van der Waals surface area contributed by atoms with Crippen LogP contribution in [-0.2, 0) is 11.3 Å². The van der Waals surface area contributed by atoms with Gasteiger partial charge in [0.05, 0.1) is 17.6 Å². The van der Waals surface area contributed by atoms with Crippen molar-refractivity contribution in [2.45, 2.75) is 70.9 Å². The molecule has 27 heavy (non-hydrogen) atoms. The van der Waals surface area contributed by atoms with Crippen LogP contribution in [0.25, 0.3) is 11.0 Å². The van der Waals surface area contributed by atoms with Crippen molar-refractivity contribution in [2.24, 2.45) is 5.92 Å². The molecule has 1 aliphatic carbocycles. The monoisotopic (exact) mass is 368 g/mol. The molecule has 5 nitrogen and oxygen atoms in total. The number of carbonyl (C=O) groups excluding carboxylic acids is 1. The fraction of sp³-hybridized carbons (Fsp3) is 0.636. The van der Waals surface area contributed by atoms with Crippen LogP contribution in [0.15, 0.2) is 18.2 Å². The maximum Gasteiger partial charge on any atom is 0.223 e. The van der Waals surface area contributed by atoms with Crippen molar-refractivity contribution in [1.82, 2.24) is 20.2 Å². The van der Waals surface area contributed by atoms with Crippen LogP contribution in [-0.4, -0.2) is 39.9 Å². The second-order valence-electron chi connectivity index (χ2n) is 8.45. The third-order valence-corrected chi connectivity index (χ3v) is 6.22. The lowest BCUT2D eigenvalue weighted by molar-refractivity contribution is -0.127. The molecule has 2 heterocycles. The molecular weight excluding hydrogens is 336 g/mol. The first-order chi connectivity index (χ1) is 13.2. The number of hydrogen-bond acceptors (Lipinski definition) is 3. The zero-order valence-electron chi connectivity index (χ0n) is 16.5. The quantitative estimate of drug-likeness (QED) is 0.804. The van der Waals surface area contributed by atoms with E-state index in [2.05, 4.69) is 40.3 Å². The third kappa shape index (κ3) is 4.70. The number of aryl methyl sites for hydroxylation is 1. The third-order valence-electron chi connectivity index (χ3n) is 6.22. The van der Waals surface area contributed by atoms with Crippen molar-refractivity contribution >= 4 is 16.9 Å². The van der Waals surface area contributed by atoms with E-state index in [1.807, 2.05) is 0 Å². The lowest BCUT2D eigenvalue weighted by Crippen LogP contribution is -2.43. The standard InChI is InChI=1S/C22H32N4O/c1-16-8-9-19-20(14-16)25-21(24-19)15-26-12-10-17(11-13-26)22(27)23-18-6-4-2-3-5-7-18/h8-9,14,17-18H,2-7,10-13,15H2,1H3,(H,23,27)(H,24,25). The number of H-pyrrole nitrogens is 1. The normalized spacial score (nSPS) is 20.6. The number of likely N-dealkylation sites (tertiary alicyclic amines) is 1. The van der Waals surface area contributed by atoms with E-state index in [0.29, 0.717) is 11.9 Å². The van der Waals surface area contributed by atoms with Crippen molar-refractivity contribution in [3.05, 3.63) is 29.6 Å². The van der Waals surface area contributed by atoms with Gasteiger partial charge >= 0.3 is 0 Å². The average molecular weight is 369 g/mol. The van der Waals surface area contributed by atoms with Gasteiger partial charge in [0.15, 0.2) is 0 Å². The minimum Gasteiger partial charge on any atom is -0.353 e. The van der Waals surface area contributed by atoms with E-state index in [0.717, 1.165) is 62.2 Å². The van der Waals surface area contributed by atoms with Gasteiger partial charge in [0.25, 0.3) is 0 Å². The summed E-state index contributed by atoms with van der Waals surface area (Å²) in [6.45, 7) is 4.88. The summed E-state index contributed by atoms with van der Waals surface area (Å²) >= 11 is 0. The van der Waals surface area contributed by atoms with E-state index >= 15 is 0 Å². The molecule has 2 aliphatic rings. The molecule has 4 rings (SSSR count). The van der Waals surface area contributed by atoms with E-state index < -0.39 is 0 Å². The van der Waals surface area contributed by atoms with Gasteiger partial charge < -0.3 is 10.3 Å². The number of imidazole rings is 1. The smallest absolute Gasteiger partial charge is 0.223 e. The van der Waals surface area contributed by atoms with Crippen molar-refractivity contribution in [1.29, 1.82) is 0 Å². The molecule has 1 amide bonds. The Morgan fingerprint density at radius 2 is 1.89 bits per heavy atom. The number of aromatic nitrogens is 2. The Labute approximate surface area is 161 Å². The number of amides is 1. The molecule has 5 heteroatoms. The molecule has 1 aliphatic heterocycles. The van der Waals surface area contributed by atoms with Crippen LogP contribution in [0.4, 0.5) is 0 Å². The lowest BCUT2D eigenvalue weighted by atomic mass is 9.95. The highest BCUT2D eigenvalue weighted by Gasteiger charge is 2.27. The van der Waals surface area contributed by atoms with E-state index in [-0.39, 0.29) is 5.92 Å². The van der Waals surface area contributed by atoms with Crippen LogP contribution in [0.2, 0.25) is 0 Å². The molecule has 0 radical (unpaired) electrons. The first-order valence-electron chi connectivity index (χ1n) is 10.7. The number of carbonyl (C=O) groups is 1. The molecular formula is C22H32N4O. The molecule has 2 N–H and O–H groups in total. The molecule has 1 saturated carbocycles. The van der Waals surface area contributed by atoms with Crippen LogP contribution in [0, 0.1) is 12.8 Å². The number of nitrogens with one attached hydrogen (secondary N) is 2. The molecule has 0 unspecified atom stereocenters. The van der Waals surface area contributed by atoms with Crippen molar-refractivity contribution in [3.8, 4) is 0 Å². The summed E-state index contributed by atoms with van der Waals surface area (Å²) in [5.74, 6) is 1.50. The minimum atomic E-state index is 0.183. The first-order valence-corrected chi connectivity index (χ1v) is 10.7. The average Bonchev–Trinajstić information content (AvgIpc) is 2.87. The zero-order valence-corrected chi connectivity index (χ0v) is 16.5. The molecule has 1 aromatic carbocycles. The molecule has 2 fully saturated rings. The number of nitrogens with zero attached hydrogens (tertiary/aromatic N) is 2. The summed E-state index contributed by atoms with van der Waals surface area (Å²) in [4.78, 5) is 23.2. The lowest BCUT2D eigenvalue weighted by Gasteiger charge is -2.31. The van der Waals surface area contributed by atoms with Gasteiger partial charge in [0.2, 0.25) is 5.91 Å². The Morgan fingerprint density at radius 3 is 2.63 bits per heavy atom. The number of piperidine rings is 1. The summed E-state index contributed by atoms with van der Waals surface area (Å²) in [5, 5.41) is 3.34. The van der Waals surface area contributed by atoms with Gasteiger partial charge in [0, 0.05) is 12.0 Å². The summed E-state index contributed by atoms with van der Waals surface area (Å²) < 4.78 is 0. The van der Waals surface area contributed by atoms with Crippen LogP contribution in [0.3, 0.4) is 0 Å². The summed E-state index contributed by atoms with van der Waals surface area (Å²) in [6.07, 6.45) is 9.42. The Morgan fingerprint density at radius 1 is 1.15 bits per heavy atom. The number of aromatic amines is 1. The Kier molecular flexibility index (Phi) is 5.77. The highest BCUT2D eigenvalue weighted by atomic mass is 16.1. The second-order valence-corrected chi connectivity index (χ2v) is 8.45. The molecule has 0 atom stereocenters. The number of fused-ring (bicyclic) bond motifs is 1. The Balaban J connectivity index is 1.27. The molecule has 0 bridgehead atoms. The largest absolute Gasteiger partial charge is 0.353 e. The summed E-state index contributed by atoms with van der Waals surface area (Å²) in [5.41, 5.74) is 3.40. The minimum absolute atomic E-state index is 0.183. The van der Waals surface area contributed by atoms with Gasteiger partial charge in [-0.2, -0.15) is 0 Å². The highest BCUT2D eigenvalue weighted by molar-refractivity contribution is 5.79. The van der Waals surface area contributed by atoms with Gasteiger partial charge in [-0.3, -0.25) is 9.69 Å². The molecule has 146 valence electrons. The van der Waals surface area contributed by atoms with Crippen molar-refractivity contribution < 1.29 is 4.79 Å². The van der Waals surface area contributed by atoms with E-state index in [1.54, 1.807) is 0 Å². The maximum atomic E-state index is 12.6. The van der Waals surface area contributed by atoms with Crippen LogP contribution in [0.5, 0.6) is 0 Å². The second kappa shape index (κ2) is 8.42. The van der Waals surface area contributed by atoms with E-state index in [1.165, 1.54) is 31.2 Å². The van der Waals surface area contributed by atoms with E-state index in [9.17, 15) is 4.79 Å². The van der Waals surface area contributed by atoms with Gasteiger partial charge in [-0.25, -0.2) is 4.98 Å². The van der Waals surface area contributed by atoms with Gasteiger partial charge in [0.1, 0.15) is 5.82 Å². The van der Waals surface area contributed by atoms with Crippen LogP contribution >= 0.6 is 0 Å². The fourth-order valence-corrected chi connectivity index (χ4v) is 4.56. The number of benzene rings is 1. The molecule has 0 spiro atoms. The highest BCUT2D eigenvalue weighted by Crippen LogP contribution is 2.22. The maximum absolute atomic E-state index is 12.6. The van der Waals surface area contributed by atoms with Crippen molar-refractivity contribution in [3.63, 3.8) is 0 Å². The van der Waals surface area contributed by atoms with Crippen LogP contribution in [0.1, 0.15) is 62.8 Å². The predicted molar refractivity (Wildman–Crippen MR) is 108 cm³/mol.